The number of carbonyl (C=O) groups excluding carboxylic acids is 1. The number of piperazine rings is 1. The lowest BCUT2D eigenvalue weighted by Crippen LogP contribution is -2.48. The number of aryl methyl sites for hydroxylation is 2. The van der Waals surface area contributed by atoms with E-state index in [0.717, 1.165) is 35.1 Å². The van der Waals surface area contributed by atoms with E-state index in [9.17, 15) is 4.79 Å². The standard InChI is InChI=1S/C29H30N6O2/c1-21-8-10-23(11-9-21)28-31-29(37-32-28)22(2)33-16-18-34(19-17-33)27(36)13-12-24-20-35(15-5-14-30)26-7-4-3-6-25(24)26/h3-4,6-13,20,22H,5,15-19H2,1-2H3/b13-12+. The average molecular weight is 495 g/mol. The second-order valence-electron chi connectivity index (χ2n) is 9.40. The molecule has 2 aromatic carbocycles. The highest BCUT2D eigenvalue weighted by Crippen LogP contribution is 2.25. The molecular formula is C29H30N6O2. The van der Waals surface area contributed by atoms with Gasteiger partial charge in [-0.1, -0.05) is 53.2 Å². The second-order valence-corrected chi connectivity index (χ2v) is 9.40. The SMILES string of the molecule is Cc1ccc(-c2noc(C(C)N3CCN(C(=O)/C=C/c4cn(CCC#N)c5ccccc45)CC3)n2)cc1. The third kappa shape index (κ3) is 5.32. The molecule has 0 saturated carbocycles. The lowest BCUT2D eigenvalue weighted by Gasteiger charge is -2.36. The van der Waals surface area contributed by atoms with Crippen LogP contribution in [0.5, 0.6) is 0 Å². The van der Waals surface area contributed by atoms with Crippen molar-refractivity contribution in [3.63, 3.8) is 0 Å². The number of hydrogen-bond acceptors (Lipinski definition) is 6. The zero-order valence-electron chi connectivity index (χ0n) is 21.2. The van der Waals surface area contributed by atoms with E-state index < -0.39 is 0 Å². The predicted molar refractivity (Wildman–Crippen MR) is 142 cm³/mol. The lowest BCUT2D eigenvalue weighted by atomic mass is 10.1. The molecule has 1 atom stereocenters. The predicted octanol–water partition coefficient (Wildman–Crippen LogP) is 4.83. The van der Waals surface area contributed by atoms with Gasteiger partial charge in [-0.2, -0.15) is 10.2 Å². The Bertz CT molecular complexity index is 1450. The average Bonchev–Trinajstić information content (AvgIpc) is 3.56. The first-order valence-corrected chi connectivity index (χ1v) is 12.6. The molecule has 3 heterocycles. The molecule has 188 valence electrons. The topological polar surface area (TPSA) is 91.2 Å². The zero-order valence-corrected chi connectivity index (χ0v) is 21.2. The van der Waals surface area contributed by atoms with Gasteiger partial charge in [0.15, 0.2) is 0 Å². The molecule has 1 amide bonds. The minimum Gasteiger partial charge on any atom is -0.346 e. The van der Waals surface area contributed by atoms with Crippen molar-refractivity contribution in [2.24, 2.45) is 0 Å². The van der Waals surface area contributed by atoms with E-state index in [0.29, 0.717) is 37.8 Å². The van der Waals surface area contributed by atoms with E-state index in [-0.39, 0.29) is 11.9 Å². The number of benzene rings is 2. The second kappa shape index (κ2) is 10.8. The van der Waals surface area contributed by atoms with E-state index in [1.54, 1.807) is 6.08 Å². The van der Waals surface area contributed by atoms with Crippen LogP contribution in [0.4, 0.5) is 0 Å². The van der Waals surface area contributed by atoms with Crippen LogP contribution in [0.3, 0.4) is 0 Å². The highest BCUT2D eigenvalue weighted by molar-refractivity contribution is 5.96. The molecule has 8 nitrogen and oxygen atoms in total. The summed E-state index contributed by atoms with van der Waals surface area (Å²) in [5.74, 6) is 1.18. The molecule has 0 spiro atoms. The fraction of sp³-hybridized carbons (Fsp3) is 0.310. The smallest absolute Gasteiger partial charge is 0.246 e. The van der Waals surface area contributed by atoms with E-state index >= 15 is 0 Å². The van der Waals surface area contributed by atoms with Crippen LogP contribution in [-0.2, 0) is 11.3 Å². The van der Waals surface area contributed by atoms with Crippen molar-refractivity contribution in [2.75, 3.05) is 26.2 Å². The summed E-state index contributed by atoms with van der Waals surface area (Å²) < 4.78 is 7.65. The number of aromatic nitrogens is 3. The first kappa shape index (κ1) is 24.5. The Morgan fingerprint density at radius 2 is 1.89 bits per heavy atom. The van der Waals surface area contributed by atoms with Gasteiger partial charge >= 0.3 is 0 Å². The maximum atomic E-state index is 12.9. The number of nitrogens with zero attached hydrogens (tertiary/aromatic N) is 6. The van der Waals surface area contributed by atoms with E-state index in [1.807, 2.05) is 72.6 Å². The fourth-order valence-electron chi connectivity index (χ4n) is 4.74. The van der Waals surface area contributed by atoms with Gasteiger partial charge in [-0.15, -0.1) is 0 Å². The minimum atomic E-state index is -0.0287. The van der Waals surface area contributed by atoms with Gasteiger partial charge in [0.05, 0.1) is 18.5 Å². The highest BCUT2D eigenvalue weighted by atomic mass is 16.5. The van der Waals surface area contributed by atoms with Crippen LogP contribution in [0.25, 0.3) is 28.4 Å². The van der Waals surface area contributed by atoms with Crippen molar-refractivity contribution in [2.45, 2.75) is 32.9 Å². The van der Waals surface area contributed by atoms with Gasteiger partial charge in [-0.3, -0.25) is 9.69 Å². The number of fused-ring (bicyclic) bond motifs is 1. The summed E-state index contributed by atoms with van der Waals surface area (Å²) in [6.45, 7) is 7.47. The molecule has 2 aromatic heterocycles. The molecule has 0 aliphatic carbocycles. The third-order valence-electron chi connectivity index (χ3n) is 6.97. The van der Waals surface area contributed by atoms with E-state index in [1.165, 1.54) is 5.56 Å². The van der Waals surface area contributed by atoms with Crippen LogP contribution in [0, 0.1) is 18.3 Å². The Labute approximate surface area is 216 Å². The van der Waals surface area contributed by atoms with Crippen molar-refractivity contribution < 1.29 is 9.32 Å². The van der Waals surface area contributed by atoms with Crippen LogP contribution >= 0.6 is 0 Å². The van der Waals surface area contributed by atoms with Gasteiger partial charge in [-0.05, 0) is 26.0 Å². The summed E-state index contributed by atoms with van der Waals surface area (Å²) in [7, 11) is 0. The van der Waals surface area contributed by atoms with E-state index in [4.69, 9.17) is 9.78 Å². The number of amides is 1. The lowest BCUT2D eigenvalue weighted by molar-refractivity contribution is -0.128. The summed E-state index contributed by atoms with van der Waals surface area (Å²) in [5, 5.41) is 14.2. The molecule has 0 N–H and O–H groups in total. The molecule has 1 aliphatic heterocycles. The molecule has 37 heavy (non-hydrogen) atoms. The Morgan fingerprint density at radius 3 is 2.65 bits per heavy atom. The first-order chi connectivity index (χ1) is 18.0. The number of rotatable bonds is 7. The molecule has 5 rings (SSSR count). The number of carbonyl (C=O) groups is 1. The fourth-order valence-corrected chi connectivity index (χ4v) is 4.74. The van der Waals surface area contributed by atoms with Gasteiger partial charge in [-0.25, -0.2) is 0 Å². The Hall–Kier alpha value is -4.22. The van der Waals surface area contributed by atoms with E-state index in [2.05, 4.69) is 32.6 Å². The molecule has 1 aliphatic rings. The Balaban J connectivity index is 1.20. The van der Waals surface area contributed by atoms with Crippen molar-refractivity contribution in [3.8, 4) is 17.5 Å². The Morgan fingerprint density at radius 1 is 1.14 bits per heavy atom. The summed E-state index contributed by atoms with van der Waals surface area (Å²) in [6.07, 6.45) is 6.00. The monoisotopic (exact) mass is 494 g/mol. The van der Waals surface area contributed by atoms with Crippen molar-refractivity contribution in [1.82, 2.24) is 24.5 Å². The largest absolute Gasteiger partial charge is 0.346 e. The number of nitriles is 1. The number of hydrogen-bond donors (Lipinski definition) is 0. The summed E-state index contributed by atoms with van der Waals surface area (Å²) in [5.41, 5.74) is 4.17. The van der Waals surface area contributed by atoms with Crippen LogP contribution in [0.1, 0.15) is 36.4 Å². The quantitative estimate of drug-likeness (QED) is 0.342. The van der Waals surface area contributed by atoms with Crippen molar-refractivity contribution in [3.05, 3.63) is 77.8 Å². The maximum Gasteiger partial charge on any atom is 0.246 e. The highest BCUT2D eigenvalue weighted by Gasteiger charge is 2.27. The summed E-state index contributed by atoms with van der Waals surface area (Å²) >= 11 is 0. The number of para-hydroxylation sites is 1. The normalized spacial score (nSPS) is 15.3. The van der Waals surface area contributed by atoms with Gasteiger partial charge < -0.3 is 14.0 Å². The third-order valence-corrected chi connectivity index (χ3v) is 6.97. The Kier molecular flexibility index (Phi) is 7.15. The van der Waals surface area contributed by atoms with Crippen LogP contribution in [0.2, 0.25) is 0 Å². The minimum absolute atomic E-state index is 0.000562. The molecular weight excluding hydrogens is 464 g/mol. The molecule has 0 radical (unpaired) electrons. The molecule has 1 fully saturated rings. The van der Waals surface area contributed by atoms with Crippen molar-refractivity contribution >= 4 is 22.9 Å². The van der Waals surface area contributed by atoms with Gasteiger partial charge in [0.1, 0.15) is 0 Å². The molecule has 1 saturated heterocycles. The zero-order chi connectivity index (χ0) is 25.8. The van der Waals surface area contributed by atoms with Gasteiger partial charge in [0.25, 0.3) is 0 Å². The molecule has 1 unspecified atom stereocenters. The summed E-state index contributed by atoms with van der Waals surface area (Å²) in [4.78, 5) is 21.7. The van der Waals surface area contributed by atoms with Gasteiger partial charge in [0, 0.05) is 67.0 Å². The summed E-state index contributed by atoms with van der Waals surface area (Å²) in [6, 6.07) is 18.3. The maximum absolute atomic E-state index is 12.9. The van der Waals surface area contributed by atoms with Crippen LogP contribution < -0.4 is 0 Å². The van der Waals surface area contributed by atoms with Crippen LogP contribution in [0.15, 0.2) is 65.3 Å². The molecule has 0 bridgehead atoms. The molecule has 4 aromatic rings. The first-order valence-electron chi connectivity index (χ1n) is 12.6. The van der Waals surface area contributed by atoms with Gasteiger partial charge in [0.2, 0.25) is 17.6 Å². The molecule has 8 heteroatoms. The van der Waals surface area contributed by atoms with Crippen LogP contribution in [-0.4, -0.2) is 56.6 Å². The van der Waals surface area contributed by atoms with Crippen molar-refractivity contribution in [1.29, 1.82) is 5.26 Å².